The predicted molar refractivity (Wildman–Crippen MR) is 116 cm³/mol. The zero-order chi connectivity index (χ0) is 24.2. The zero-order valence-electron chi connectivity index (χ0n) is 17.1. The molecule has 0 atom stereocenters. The molecule has 0 saturated carbocycles. The molecule has 0 heterocycles. The minimum atomic E-state index is -4.54. The van der Waals surface area contributed by atoms with Crippen molar-refractivity contribution in [1.82, 2.24) is 4.72 Å². The lowest BCUT2D eigenvalue weighted by Crippen LogP contribution is -2.19. The lowest BCUT2D eigenvalue weighted by atomic mass is 10.1. The molecule has 3 rings (SSSR count). The average molecular weight is 477 g/mol. The first-order valence-corrected chi connectivity index (χ1v) is 10.9. The summed E-state index contributed by atoms with van der Waals surface area (Å²) in [4.78, 5) is 24.9. The molecule has 172 valence electrons. The summed E-state index contributed by atoms with van der Waals surface area (Å²) in [5, 5.41) is 4.98. The van der Waals surface area contributed by atoms with Crippen LogP contribution in [0.5, 0.6) is 0 Å². The van der Waals surface area contributed by atoms with Crippen LogP contribution in [0.25, 0.3) is 0 Å². The number of benzene rings is 3. The second-order valence-corrected chi connectivity index (χ2v) is 8.69. The van der Waals surface area contributed by atoms with Gasteiger partial charge in [0.15, 0.2) is 0 Å². The van der Waals surface area contributed by atoms with Gasteiger partial charge in [-0.25, -0.2) is 13.1 Å². The summed E-state index contributed by atoms with van der Waals surface area (Å²) in [7, 11) is -2.37. The van der Waals surface area contributed by atoms with Crippen LogP contribution in [0.1, 0.15) is 26.3 Å². The second-order valence-electron chi connectivity index (χ2n) is 6.80. The van der Waals surface area contributed by atoms with Crippen LogP contribution in [0.2, 0.25) is 0 Å². The van der Waals surface area contributed by atoms with Crippen molar-refractivity contribution in [2.45, 2.75) is 11.1 Å². The topological polar surface area (TPSA) is 104 Å². The van der Waals surface area contributed by atoms with Crippen LogP contribution in [0.4, 0.5) is 24.5 Å². The Bertz CT molecular complexity index is 1290. The fourth-order valence-electron chi connectivity index (χ4n) is 2.82. The van der Waals surface area contributed by atoms with Gasteiger partial charge in [-0.15, -0.1) is 0 Å². The van der Waals surface area contributed by atoms with Gasteiger partial charge in [0.1, 0.15) is 0 Å². The molecule has 0 radical (unpaired) electrons. The van der Waals surface area contributed by atoms with Crippen molar-refractivity contribution in [2.24, 2.45) is 0 Å². The molecular weight excluding hydrogens is 459 g/mol. The molecule has 0 aliphatic rings. The first kappa shape index (κ1) is 24.0. The molecule has 0 aliphatic heterocycles. The molecule has 33 heavy (non-hydrogen) atoms. The first-order chi connectivity index (χ1) is 15.5. The number of halogens is 3. The Hall–Kier alpha value is -3.70. The van der Waals surface area contributed by atoms with Gasteiger partial charge in [0.2, 0.25) is 10.0 Å². The number of hydrogen-bond acceptors (Lipinski definition) is 4. The van der Waals surface area contributed by atoms with Crippen molar-refractivity contribution >= 4 is 33.2 Å². The third-order valence-electron chi connectivity index (χ3n) is 4.53. The van der Waals surface area contributed by atoms with E-state index in [0.29, 0.717) is 0 Å². The number of alkyl halides is 3. The summed E-state index contributed by atoms with van der Waals surface area (Å²) in [5.41, 5.74) is -0.358. The second kappa shape index (κ2) is 9.43. The Labute approximate surface area is 187 Å². The Morgan fingerprint density at radius 3 is 1.88 bits per heavy atom. The SMILES string of the molecule is CNS(=O)(=O)c1ccc(C(=O)Nc2cccc(C(=O)Nc3cccc(C(F)(F)F)c3)c2)cc1. The maximum absolute atomic E-state index is 12.9. The highest BCUT2D eigenvalue weighted by Gasteiger charge is 2.30. The number of hydrogen-bond donors (Lipinski definition) is 3. The van der Waals surface area contributed by atoms with Gasteiger partial charge in [0, 0.05) is 22.5 Å². The molecular formula is C22H18F3N3O4S. The quantitative estimate of drug-likeness (QED) is 0.497. The van der Waals surface area contributed by atoms with Crippen LogP contribution >= 0.6 is 0 Å². The van der Waals surface area contributed by atoms with E-state index in [1.165, 1.54) is 67.7 Å². The maximum Gasteiger partial charge on any atom is 0.416 e. The van der Waals surface area contributed by atoms with Crippen LogP contribution in [0.15, 0.2) is 77.7 Å². The molecule has 7 nitrogen and oxygen atoms in total. The maximum atomic E-state index is 12.9. The Morgan fingerprint density at radius 1 is 0.758 bits per heavy atom. The molecule has 3 N–H and O–H groups in total. The number of sulfonamides is 1. The Kier molecular flexibility index (Phi) is 6.84. The van der Waals surface area contributed by atoms with Gasteiger partial charge in [-0.05, 0) is 67.7 Å². The van der Waals surface area contributed by atoms with Crippen LogP contribution in [0.3, 0.4) is 0 Å². The summed E-state index contributed by atoms with van der Waals surface area (Å²) in [5.74, 6) is -1.20. The third kappa shape index (κ3) is 5.96. The van der Waals surface area contributed by atoms with Gasteiger partial charge in [0.25, 0.3) is 11.8 Å². The summed E-state index contributed by atoms with van der Waals surface area (Å²) in [6.45, 7) is 0. The predicted octanol–water partition coefficient (Wildman–Crippen LogP) is 4.12. The van der Waals surface area contributed by atoms with Gasteiger partial charge in [-0.1, -0.05) is 12.1 Å². The molecule has 0 spiro atoms. The van der Waals surface area contributed by atoms with E-state index >= 15 is 0 Å². The largest absolute Gasteiger partial charge is 0.416 e. The third-order valence-corrected chi connectivity index (χ3v) is 5.96. The monoisotopic (exact) mass is 477 g/mol. The van der Waals surface area contributed by atoms with Crippen LogP contribution in [-0.4, -0.2) is 27.3 Å². The minimum absolute atomic E-state index is 0.00480. The molecule has 0 fully saturated rings. The minimum Gasteiger partial charge on any atom is -0.322 e. The fraction of sp³-hybridized carbons (Fsp3) is 0.0909. The van der Waals surface area contributed by atoms with E-state index in [4.69, 9.17) is 0 Å². The van der Waals surface area contributed by atoms with Crippen LogP contribution < -0.4 is 15.4 Å². The first-order valence-electron chi connectivity index (χ1n) is 9.43. The van der Waals surface area contributed by atoms with E-state index < -0.39 is 33.6 Å². The van der Waals surface area contributed by atoms with E-state index in [2.05, 4.69) is 15.4 Å². The van der Waals surface area contributed by atoms with Crippen LogP contribution in [0, 0.1) is 0 Å². The van der Waals surface area contributed by atoms with E-state index in [-0.39, 0.29) is 27.4 Å². The van der Waals surface area contributed by atoms with Gasteiger partial charge in [0.05, 0.1) is 10.5 Å². The number of rotatable bonds is 6. The van der Waals surface area contributed by atoms with Crippen molar-refractivity contribution in [1.29, 1.82) is 0 Å². The van der Waals surface area contributed by atoms with Crippen molar-refractivity contribution in [2.75, 3.05) is 17.7 Å². The van der Waals surface area contributed by atoms with Crippen molar-refractivity contribution in [3.63, 3.8) is 0 Å². The van der Waals surface area contributed by atoms with E-state index in [9.17, 15) is 31.2 Å². The van der Waals surface area contributed by atoms with Gasteiger partial charge < -0.3 is 10.6 Å². The average Bonchev–Trinajstić information content (AvgIpc) is 2.79. The molecule has 0 bridgehead atoms. The summed E-state index contributed by atoms with van der Waals surface area (Å²) >= 11 is 0. The zero-order valence-corrected chi connectivity index (χ0v) is 17.9. The normalized spacial score (nSPS) is 11.6. The Morgan fingerprint density at radius 2 is 1.30 bits per heavy atom. The van der Waals surface area contributed by atoms with E-state index in [1.54, 1.807) is 0 Å². The van der Waals surface area contributed by atoms with Gasteiger partial charge in [-0.3, -0.25) is 9.59 Å². The number of amides is 2. The molecule has 3 aromatic rings. The summed E-state index contributed by atoms with van der Waals surface area (Å²) in [6, 6.07) is 15.3. The van der Waals surface area contributed by atoms with E-state index in [0.717, 1.165) is 12.1 Å². The van der Waals surface area contributed by atoms with Crippen molar-refractivity contribution in [3.8, 4) is 0 Å². The molecule has 0 aliphatic carbocycles. The summed E-state index contributed by atoms with van der Waals surface area (Å²) in [6.07, 6.45) is -4.54. The number of nitrogens with one attached hydrogen (secondary N) is 3. The van der Waals surface area contributed by atoms with Crippen molar-refractivity contribution in [3.05, 3.63) is 89.5 Å². The molecule has 3 aromatic carbocycles. The molecule has 0 unspecified atom stereocenters. The Balaban J connectivity index is 1.72. The highest BCUT2D eigenvalue weighted by atomic mass is 32.2. The molecule has 11 heteroatoms. The molecule has 2 amide bonds. The lowest BCUT2D eigenvalue weighted by molar-refractivity contribution is -0.137. The van der Waals surface area contributed by atoms with Crippen molar-refractivity contribution < 1.29 is 31.2 Å². The smallest absolute Gasteiger partial charge is 0.322 e. The highest BCUT2D eigenvalue weighted by Crippen LogP contribution is 2.30. The highest BCUT2D eigenvalue weighted by molar-refractivity contribution is 7.89. The van der Waals surface area contributed by atoms with Gasteiger partial charge in [-0.2, -0.15) is 13.2 Å². The number of carbonyl (C=O) groups is 2. The van der Waals surface area contributed by atoms with Crippen LogP contribution in [-0.2, 0) is 16.2 Å². The fourth-order valence-corrected chi connectivity index (χ4v) is 3.55. The molecule has 0 aromatic heterocycles. The molecule has 0 saturated heterocycles. The lowest BCUT2D eigenvalue weighted by Gasteiger charge is -2.11. The van der Waals surface area contributed by atoms with Gasteiger partial charge >= 0.3 is 6.18 Å². The van der Waals surface area contributed by atoms with E-state index in [1.807, 2.05) is 0 Å². The summed E-state index contributed by atoms with van der Waals surface area (Å²) < 4.78 is 64.3. The standard InChI is InChI=1S/C22H18F3N3O4S/c1-26-33(31,32)19-10-8-14(9-11-19)20(29)27-17-6-2-4-15(12-17)21(30)28-18-7-3-5-16(13-18)22(23,24)25/h2-13,26H,1H3,(H,27,29)(H,28,30). The number of carbonyl (C=O) groups excluding carboxylic acids is 2. The number of anilines is 2.